The molecule has 1 aromatic heterocycles. The van der Waals surface area contributed by atoms with Crippen molar-refractivity contribution in [1.29, 1.82) is 0 Å². The van der Waals surface area contributed by atoms with Crippen LogP contribution in [0.4, 0.5) is 13.2 Å². The van der Waals surface area contributed by atoms with Gasteiger partial charge < -0.3 is 4.98 Å². The van der Waals surface area contributed by atoms with E-state index in [9.17, 15) is 18.0 Å². The molecule has 0 fully saturated rings. The van der Waals surface area contributed by atoms with Gasteiger partial charge in [0.1, 0.15) is 5.82 Å². The highest BCUT2D eigenvalue weighted by molar-refractivity contribution is 6.16. The van der Waals surface area contributed by atoms with Gasteiger partial charge >= 0.3 is 0 Å². The second-order valence-corrected chi connectivity index (χ2v) is 4.32. The first-order valence-electron chi connectivity index (χ1n) is 5.83. The number of carbonyl (C=O) groups excluding carboxylic acids is 1. The number of ketones is 1. The topological polar surface area (TPSA) is 32.9 Å². The highest BCUT2D eigenvalue weighted by Gasteiger charge is 2.18. The molecule has 20 heavy (non-hydrogen) atoms. The van der Waals surface area contributed by atoms with Crippen LogP contribution in [0.2, 0.25) is 0 Å². The van der Waals surface area contributed by atoms with Gasteiger partial charge in [-0.25, -0.2) is 13.2 Å². The third-order valence-corrected chi connectivity index (χ3v) is 3.08. The molecule has 0 aliphatic rings. The summed E-state index contributed by atoms with van der Waals surface area (Å²) in [7, 11) is 0. The first-order valence-corrected chi connectivity index (χ1v) is 5.83. The molecule has 1 heterocycles. The van der Waals surface area contributed by atoms with Crippen molar-refractivity contribution in [2.24, 2.45) is 0 Å². The number of hydrogen-bond donors (Lipinski definition) is 1. The Kier molecular flexibility index (Phi) is 2.82. The minimum atomic E-state index is -1.11. The summed E-state index contributed by atoms with van der Waals surface area (Å²) in [6.07, 6.45) is 1.36. The van der Waals surface area contributed by atoms with E-state index >= 15 is 0 Å². The number of benzene rings is 2. The second-order valence-electron chi connectivity index (χ2n) is 4.32. The number of H-pyrrole nitrogens is 1. The van der Waals surface area contributed by atoms with Crippen molar-refractivity contribution in [3.05, 3.63) is 71.2 Å². The molecule has 3 rings (SSSR count). The first-order chi connectivity index (χ1) is 9.58. The maximum Gasteiger partial charge on any atom is 0.195 e. The molecular weight excluding hydrogens is 267 g/mol. The average molecular weight is 275 g/mol. The van der Waals surface area contributed by atoms with Crippen LogP contribution in [-0.2, 0) is 0 Å². The lowest BCUT2D eigenvalue weighted by atomic mass is 10.0. The number of rotatable bonds is 2. The van der Waals surface area contributed by atoms with Gasteiger partial charge in [0.05, 0.1) is 5.56 Å². The smallest absolute Gasteiger partial charge is 0.195 e. The van der Waals surface area contributed by atoms with Crippen molar-refractivity contribution in [2.75, 3.05) is 0 Å². The van der Waals surface area contributed by atoms with E-state index in [1.165, 1.54) is 24.4 Å². The van der Waals surface area contributed by atoms with Crippen molar-refractivity contribution < 1.29 is 18.0 Å². The SMILES string of the molecule is O=C(c1ccc(F)c(F)c1)c1c[nH]c2cccc(F)c12. The Morgan fingerprint density at radius 3 is 2.50 bits per heavy atom. The van der Waals surface area contributed by atoms with E-state index in [1.54, 1.807) is 6.07 Å². The summed E-state index contributed by atoms with van der Waals surface area (Å²) in [6, 6.07) is 7.21. The van der Waals surface area contributed by atoms with Crippen molar-refractivity contribution >= 4 is 16.7 Å². The molecule has 0 aliphatic heterocycles. The second kappa shape index (κ2) is 4.52. The molecule has 0 saturated carbocycles. The summed E-state index contributed by atoms with van der Waals surface area (Å²) in [5.74, 6) is -3.27. The predicted molar refractivity (Wildman–Crippen MR) is 68.0 cm³/mol. The van der Waals surface area contributed by atoms with Crippen LogP contribution in [0, 0.1) is 17.5 Å². The van der Waals surface area contributed by atoms with E-state index in [0.29, 0.717) is 5.52 Å². The minimum absolute atomic E-state index is 0.0342. The number of fused-ring (bicyclic) bond motifs is 1. The van der Waals surface area contributed by atoms with Gasteiger partial charge in [0, 0.05) is 22.7 Å². The summed E-state index contributed by atoms with van der Waals surface area (Å²) in [5, 5.41) is 0.141. The molecule has 3 aromatic rings. The molecule has 5 heteroatoms. The molecule has 0 amide bonds. The van der Waals surface area contributed by atoms with Crippen LogP contribution in [0.15, 0.2) is 42.6 Å². The first kappa shape index (κ1) is 12.5. The fraction of sp³-hybridized carbons (Fsp3) is 0. The van der Waals surface area contributed by atoms with Crippen LogP contribution < -0.4 is 0 Å². The van der Waals surface area contributed by atoms with Gasteiger partial charge in [-0.1, -0.05) is 6.07 Å². The third-order valence-electron chi connectivity index (χ3n) is 3.08. The monoisotopic (exact) mass is 275 g/mol. The van der Waals surface area contributed by atoms with Crippen molar-refractivity contribution in [2.45, 2.75) is 0 Å². The van der Waals surface area contributed by atoms with Crippen LogP contribution in [0.5, 0.6) is 0 Å². The Morgan fingerprint density at radius 2 is 1.75 bits per heavy atom. The molecule has 0 radical (unpaired) electrons. The molecule has 0 spiro atoms. The Hall–Kier alpha value is -2.56. The number of nitrogens with one attached hydrogen (secondary N) is 1. The van der Waals surface area contributed by atoms with Crippen molar-refractivity contribution in [3.63, 3.8) is 0 Å². The standard InChI is InChI=1S/C15H8F3NO/c16-10-5-4-8(6-12(10)18)15(20)9-7-19-13-3-1-2-11(17)14(9)13/h1-7,19H. The molecule has 100 valence electrons. The number of halogens is 3. The highest BCUT2D eigenvalue weighted by Crippen LogP contribution is 2.24. The largest absolute Gasteiger partial charge is 0.360 e. The summed E-state index contributed by atoms with van der Waals surface area (Å²) in [5.41, 5.74) is 0.521. The fourth-order valence-electron chi connectivity index (χ4n) is 2.11. The molecule has 1 N–H and O–H groups in total. The lowest BCUT2D eigenvalue weighted by molar-refractivity contribution is 0.103. The van der Waals surface area contributed by atoms with Gasteiger partial charge in [-0.15, -0.1) is 0 Å². The third kappa shape index (κ3) is 1.87. The van der Waals surface area contributed by atoms with E-state index in [2.05, 4.69) is 4.98 Å². The number of hydrogen-bond acceptors (Lipinski definition) is 1. The quantitative estimate of drug-likeness (QED) is 0.709. The lowest BCUT2D eigenvalue weighted by Crippen LogP contribution is -2.02. The van der Waals surface area contributed by atoms with Crippen molar-refractivity contribution in [1.82, 2.24) is 4.98 Å². The maximum atomic E-state index is 13.8. The van der Waals surface area contributed by atoms with Gasteiger partial charge in [0.2, 0.25) is 0 Å². The van der Waals surface area contributed by atoms with E-state index in [-0.39, 0.29) is 16.5 Å². The van der Waals surface area contributed by atoms with Crippen molar-refractivity contribution in [3.8, 4) is 0 Å². The van der Waals surface area contributed by atoms with Gasteiger partial charge in [-0.05, 0) is 30.3 Å². The van der Waals surface area contributed by atoms with Crippen LogP contribution in [0.3, 0.4) is 0 Å². The predicted octanol–water partition coefficient (Wildman–Crippen LogP) is 3.82. The highest BCUT2D eigenvalue weighted by atomic mass is 19.2. The van der Waals surface area contributed by atoms with E-state index in [0.717, 1.165) is 12.1 Å². The number of carbonyl (C=O) groups is 1. The van der Waals surface area contributed by atoms with Gasteiger partial charge in [-0.2, -0.15) is 0 Å². The van der Waals surface area contributed by atoms with Gasteiger partial charge in [0.15, 0.2) is 17.4 Å². The molecule has 0 bridgehead atoms. The molecule has 2 nitrogen and oxygen atoms in total. The summed E-state index contributed by atoms with van der Waals surface area (Å²) < 4.78 is 39.8. The average Bonchev–Trinajstić information content (AvgIpc) is 2.86. The summed E-state index contributed by atoms with van der Waals surface area (Å²) >= 11 is 0. The van der Waals surface area contributed by atoms with Gasteiger partial charge in [-0.3, -0.25) is 4.79 Å². The van der Waals surface area contributed by atoms with Crippen LogP contribution in [0.1, 0.15) is 15.9 Å². The van der Waals surface area contributed by atoms with E-state index in [4.69, 9.17) is 0 Å². The Bertz CT molecular complexity index is 823. The zero-order valence-electron chi connectivity index (χ0n) is 10.1. The molecule has 0 aliphatic carbocycles. The van der Waals surface area contributed by atoms with Crippen LogP contribution in [-0.4, -0.2) is 10.8 Å². The Balaban J connectivity index is 2.15. The molecule has 2 aromatic carbocycles. The molecular formula is C15H8F3NO. The molecule has 0 saturated heterocycles. The Labute approximate surface area is 111 Å². The Morgan fingerprint density at radius 1 is 0.950 bits per heavy atom. The normalized spacial score (nSPS) is 10.9. The minimum Gasteiger partial charge on any atom is -0.360 e. The maximum absolute atomic E-state index is 13.8. The lowest BCUT2D eigenvalue weighted by Gasteiger charge is -2.01. The summed E-state index contributed by atoms with van der Waals surface area (Å²) in [6.45, 7) is 0. The zero-order chi connectivity index (χ0) is 14.3. The van der Waals surface area contributed by atoms with Crippen LogP contribution in [0.25, 0.3) is 10.9 Å². The fourth-order valence-corrected chi connectivity index (χ4v) is 2.11. The van der Waals surface area contributed by atoms with Crippen LogP contribution >= 0.6 is 0 Å². The zero-order valence-corrected chi connectivity index (χ0v) is 10.1. The van der Waals surface area contributed by atoms with E-state index < -0.39 is 23.2 Å². The number of aromatic amines is 1. The molecule has 0 atom stereocenters. The summed E-state index contributed by atoms with van der Waals surface area (Å²) in [4.78, 5) is 15.0. The van der Waals surface area contributed by atoms with E-state index in [1.807, 2.05) is 0 Å². The number of aromatic nitrogens is 1. The molecule has 0 unspecified atom stereocenters. The van der Waals surface area contributed by atoms with Gasteiger partial charge in [0.25, 0.3) is 0 Å².